The molecule has 1 aromatic heterocycles. The number of amides is 1. The molecule has 1 atom stereocenters. The highest BCUT2D eigenvalue weighted by Crippen LogP contribution is 2.19. The zero-order valence-electron chi connectivity index (χ0n) is 14.6. The number of benzene rings is 1. The molecule has 25 heavy (non-hydrogen) atoms. The predicted molar refractivity (Wildman–Crippen MR) is 93.7 cm³/mol. The van der Waals surface area contributed by atoms with Crippen molar-refractivity contribution in [2.75, 3.05) is 19.7 Å². The van der Waals surface area contributed by atoms with Gasteiger partial charge in [-0.25, -0.2) is 9.97 Å². The molecular formula is C19H23N3O3. The molecule has 6 nitrogen and oxygen atoms in total. The smallest absolute Gasteiger partial charge is 0.260 e. The largest absolute Gasteiger partial charge is 0.484 e. The summed E-state index contributed by atoms with van der Waals surface area (Å²) in [6.45, 7) is 5.56. The Hall–Kier alpha value is -2.63. The number of carbonyl (C=O) groups excluding carboxylic acids is 1. The van der Waals surface area contributed by atoms with Gasteiger partial charge in [-0.15, -0.1) is 0 Å². The lowest BCUT2D eigenvalue weighted by atomic mass is 10.0. The molecule has 1 amide bonds. The van der Waals surface area contributed by atoms with Crippen LogP contribution >= 0.6 is 0 Å². The van der Waals surface area contributed by atoms with Gasteiger partial charge in [0.2, 0.25) is 5.88 Å². The van der Waals surface area contributed by atoms with E-state index in [4.69, 9.17) is 9.47 Å². The van der Waals surface area contributed by atoms with Crippen LogP contribution in [0.3, 0.4) is 0 Å². The first-order chi connectivity index (χ1) is 12.1. The second kappa shape index (κ2) is 7.96. The lowest BCUT2D eigenvalue weighted by molar-refractivity contribution is -0.132. The van der Waals surface area contributed by atoms with Gasteiger partial charge in [-0.1, -0.05) is 26.0 Å². The first-order valence-electron chi connectivity index (χ1n) is 8.55. The van der Waals surface area contributed by atoms with Crippen LogP contribution in [0.4, 0.5) is 0 Å². The zero-order valence-corrected chi connectivity index (χ0v) is 14.6. The highest BCUT2D eigenvalue weighted by atomic mass is 16.5. The van der Waals surface area contributed by atoms with Gasteiger partial charge in [0, 0.05) is 25.2 Å². The minimum absolute atomic E-state index is 0.0262. The minimum atomic E-state index is -0.0378. The summed E-state index contributed by atoms with van der Waals surface area (Å²) in [6, 6.07) is 9.60. The monoisotopic (exact) mass is 341 g/mol. The maximum Gasteiger partial charge on any atom is 0.260 e. The minimum Gasteiger partial charge on any atom is -0.484 e. The third-order valence-electron chi connectivity index (χ3n) is 4.25. The van der Waals surface area contributed by atoms with Crippen molar-refractivity contribution in [3.63, 3.8) is 0 Å². The molecule has 0 aliphatic carbocycles. The summed E-state index contributed by atoms with van der Waals surface area (Å²) in [7, 11) is 0. The van der Waals surface area contributed by atoms with Crippen molar-refractivity contribution in [3.05, 3.63) is 48.4 Å². The SMILES string of the molecule is CC(C)c1ccc(OCC(=O)N2CCC(Oc3ccncn3)C2)cc1. The van der Waals surface area contributed by atoms with Gasteiger partial charge in [-0.2, -0.15) is 0 Å². The molecule has 2 heterocycles. The third-order valence-corrected chi connectivity index (χ3v) is 4.25. The van der Waals surface area contributed by atoms with Crippen LogP contribution in [0.2, 0.25) is 0 Å². The predicted octanol–water partition coefficient (Wildman–Crippen LogP) is 2.66. The van der Waals surface area contributed by atoms with Gasteiger partial charge < -0.3 is 14.4 Å². The number of nitrogens with zero attached hydrogens (tertiary/aromatic N) is 3. The molecule has 0 radical (unpaired) electrons. The molecule has 132 valence electrons. The van der Waals surface area contributed by atoms with E-state index in [1.165, 1.54) is 11.9 Å². The van der Waals surface area contributed by atoms with Crippen molar-refractivity contribution >= 4 is 5.91 Å². The number of rotatable bonds is 6. The number of aromatic nitrogens is 2. The average molecular weight is 341 g/mol. The van der Waals surface area contributed by atoms with E-state index in [0.717, 1.165) is 6.42 Å². The van der Waals surface area contributed by atoms with E-state index in [2.05, 4.69) is 23.8 Å². The Kier molecular flexibility index (Phi) is 5.48. The Labute approximate surface area is 147 Å². The first kappa shape index (κ1) is 17.2. The van der Waals surface area contributed by atoms with Crippen LogP contribution in [-0.4, -0.2) is 46.6 Å². The van der Waals surface area contributed by atoms with Crippen LogP contribution < -0.4 is 9.47 Å². The third kappa shape index (κ3) is 4.68. The summed E-state index contributed by atoms with van der Waals surface area (Å²) in [5, 5.41) is 0. The van der Waals surface area contributed by atoms with Crippen LogP contribution in [0.15, 0.2) is 42.9 Å². The molecule has 0 spiro atoms. The molecule has 1 aliphatic rings. The van der Waals surface area contributed by atoms with Crippen LogP contribution in [0.5, 0.6) is 11.6 Å². The van der Waals surface area contributed by atoms with Crippen LogP contribution in [-0.2, 0) is 4.79 Å². The quantitative estimate of drug-likeness (QED) is 0.808. The number of likely N-dealkylation sites (tertiary alicyclic amines) is 1. The molecule has 2 aromatic rings. The van der Waals surface area contributed by atoms with Crippen molar-refractivity contribution in [2.24, 2.45) is 0 Å². The zero-order chi connectivity index (χ0) is 17.6. The van der Waals surface area contributed by atoms with Crippen molar-refractivity contribution in [2.45, 2.75) is 32.3 Å². The van der Waals surface area contributed by atoms with Gasteiger partial charge in [0.25, 0.3) is 5.91 Å². The molecule has 1 aromatic carbocycles. The Balaban J connectivity index is 1.46. The molecule has 1 unspecified atom stereocenters. The van der Waals surface area contributed by atoms with E-state index >= 15 is 0 Å². The number of carbonyl (C=O) groups is 1. The average Bonchev–Trinajstić information content (AvgIpc) is 3.09. The van der Waals surface area contributed by atoms with Crippen molar-refractivity contribution in [1.82, 2.24) is 14.9 Å². The highest BCUT2D eigenvalue weighted by Gasteiger charge is 2.28. The second-order valence-electron chi connectivity index (χ2n) is 6.43. The Morgan fingerprint density at radius 3 is 2.76 bits per heavy atom. The van der Waals surface area contributed by atoms with Crippen molar-refractivity contribution in [1.29, 1.82) is 0 Å². The van der Waals surface area contributed by atoms with Crippen LogP contribution in [0.1, 0.15) is 31.7 Å². The fourth-order valence-corrected chi connectivity index (χ4v) is 2.76. The summed E-state index contributed by atoms with van der Waals surface area (Å²) < 4.78 is 11.4. The first-order valence-corrected chi connectivity index (χ1v) is 8.55. The maximum atomic E-state index is 12.3. The van der Waals surface area contributed by atoms with Crippen molar-refractivity contribution < 1.29 is 14.3 Å². The molecule has 3 rings (SSSR count). The fraction of sp³-hybridized carbons (Fsp3) is 0.421. The summed E-state index contributed by atoms with van der Waals surface area (Å²) in [5.74, 6) is 1.70. The summed E-state index contributed by atoms with van der Waals surface area (Å²) in [6.07, 6.45) is 3.84. The van der Waals surface area contributed by atoms with E-state index < -0.39 is 0 Å². The lowest BCUT2D eigenvalue weighted by Crippen LogP contribution is -2.34. The maximum absolute atomic E-state index is 12.3. The Morgan fingerprint density at radius 2 is 2.08 bits per heavy atom. The van der Waals surface area contributed by atoms with Crippen molar-refractivity contribution in [3.8, 4) is 11.6 Å². The van der Waals surface area contributed by atoms with E-state index in [0.29, 0.717) is 30.6 Å². The molecular weight excluding hydrogens is 318 g/mol. The Morgan fingerprint density at radius 1 is 1.28 bits per heavy atom. The number of hydrogen-bond donors (Lipinski definition) is 0. The molecule has 1 fully saturated rings. The molecule has 1 saturated heterocycles. The van der Waals surface area contributed by atoms with E-state index in [-0.39, 0.29) is 18.6 Å². The number of ether oxygens (including phenoxy) is 2. The summed E-state index contributed by atoms with van der Waals surface area (Å²) in [5.41, 5.74) is 1.25. The molecule has 0 bridgehead atoms. The highest BCUT2D eigenvalue weighted by molar-refractivity contribution is 5.78. The van der Waals surface area contributed by atoms with E-state index in [1.54, 1.807) is 17.2 Å². The van der Waals surface area contributed by atoms with Gasteiger partial charge in [-0.3, -0.25) is 4.79 Å². The number of hydrogen-bond acceptors (Lipinski definition) is 5. The van der Waals surface area contributed by atoms with Crippen LogP contribution in [0, 0.1) is 0 Å². The van der Waals surface area contributed by atoms with Gasteiger partial charge in [0.15, 0.2) is 6.61 Å². The van der Waals surface area contributed by atoms with Gasteiger partial charge in [-0.05, 0) is 23.6 Å². The molecule has 0 saturated carbocycles. The summed E-state index contributed by atoms with van der Waals surface area (Å²) in [4.78, 5) is 22.0. The van der Waals surface area contributed by atoms with Gasteiger partial charge in [0.1, 0.15) is 18.2 Å². The molecule has 0 N–H and O–H groups in total. The standard InChI is InChI=1S/C19H23N3O3/c1-14(2)15-3-5-16(6-4-15)24-12-19(23)22-10-8-17(11-22)25-18-7-9-20-13-21-18/h3-7,9,13-14,17H,8,10-12H2,1-2H3. The molecule has 6 heteroatoms. The van der Waals surface area contributed by atoms with Gasteiger partial charge >= 0.3 is 0 Å². The topological polar surface area (TPSA) is 64.5 Å². The van der Waals surface area contributed by atoms with E-state index in [9.17, 15) is 4.79 Å². The molecule has 1 aliphatic heterocycles. The lowest BCUT2D eigenvalue weighted by Gasteiger charge is -2.17. The summed E-state index contributed by atoms with van der Waals surface area (Å²) >= 11 is 0. The Bertz CT molecular complexity index is 689. The fourth-order valence-electron chi connectivity index (χ4n) is 2.76. The van der Waals surface area contributed by atoms with Gasteiger partial charge in [0.05, 0.1) is 6.54 Å². The normalized spacial score (nSPS) is 16.9. The van der Waals surface area contributed by atoms with Crippen LogP contribution in [0.25, 0.3) is 0 Å². The van der Waals surface area contributed by atoms with E-state index in [1.807, 2.05) is 24.3 Å². The second-order valence-corrected chi connectivity index (χ2v) is 6.43.